The van der Waals surface area contributed by atoms with Gasteiger partial charge >= 0.3 is 0 Å². The Bertz CT molecular complexity index is 1300. The van der Waals surface area contributed by atoms with E-state index in [-0.39, 0.29) is 5.91 Å². The molecule has 6 heteroatoms. The van der Waals surface area contributed by atoms with E-state index in [1.165, 1.54) is 11.1 Å². The summed E-state index contributed by atoms with van der Waals surface area (Å²) in [5.74, 6) is 1.63. The number of hydrogen-bond donors (Lipinski definition) is 1. The number of amides is 1. The SMILES string of the molecule is Cc1cc(/C=N/NC(=O)c2ccc(CSCc3ccccc3)cc2)c(C)n1-c1cccc(Cl)c1. The monoisotopic (exact) mass is 487 g/mol. The highest BCUT2D eigenvalue weighted by atomic mass is 35.5. The summed E-state index contributed by atoms with van der Waals surface area (Å²) in [4.78, 5) is 12.5. The predicted molar refractivity (Wildman–Crippen MR) is 143 cm³/mol. The van der Waals surface area contributed by atoms with Crippen LogP contribution in [0, 0.1) is 13.8 Å². The van der Waals surface area contributed by atoms with E-state index in [0.717, 1.165) is 34.1 Å². The second kappa shape index (κ2) is 11.2. The minimum absolute atomic E-state index is 0.233. The van der Waals surface area contributed by atoms with E-state index in [1.807, 2.05) is 86.3 Å². The number of hydrogen-bond acceptors (Lipinski definition) is 3. The van der Waals surface area contributed by atoms with Crippen molar-refractivity contribution in [3.63, 3.8) is 0 Å². The molecule has 0 spiro atoms. The van der Waals surface area contributed by atoms with E-state index in [1.54, 1.807) is 6.21 Å². The smallest absolute Gasteiger partial charge is 0.271 e. The van der Waals surface area contributed by atoms with Crippen LogP contribution in [0.1, 0.15) is 38.4 Å². The quantitative estimate of drug-likeness (QED) is 0.216. The van der Waals surface area contributed by atoms with Crippen LogP contribution >= 0.6 is 23.4 Å². The van der Waals surface area contributed by atoms with Crippen molar-refractivity contribution in [2.24, 2.45) is 5.10 Å². The van der Waals surface area contributed by atoms with Gasteiger partial charge in [0, 0.05) is 44.7 Å². The van der Waals surface area contributed by atoms with Gasteiger partial charge in [-0.3, -0.25) is 4.79 Å². The van der Waals surface area contributed by atoms with Crippen LogP contribution in [0.4, 0.5) is 0 Å². The Kier molecular flexibility index (Phi) is 7.88. The van der Waals surface area contributed by atoms with Gasteiger partial charge in [0.15, 0.2) is 0 Å². The van der Waals surface area contributed by atoms with Crippen LogP contribution in [-0.2, 0) is 11.5 Å². The number of thioether (sulfide) groups is 1. The summed E-state index contributed by atoms with van der Waals surface area (Å²) >= 11 is 8.01. The average Bonchev–Trinajstić information content (AvgIpc) is 3.13. The molecule has 0 radical (unpaired) electrons. The molecule has 0 aliphatic heterocycles. The van der Waals surface area contributed by atoms with Gasteiger partial charge in [0.2, 0.25) is 0 Å². The summed E-state index contributed by atoms with van der Waals surface area (Å²) in [5.41, 5.74) is 9.73. The number of aryl methyl sites for hydroxylation is 1. The van der Waals surface area contributed by atoms with Crippen LogP contribution in [0.25, 0.3) is 5.69 Å². The van der Waals surface area contributed by atoms with Gasteiger partial charge < -0.3 is 4.57 Å². The third kappa shape index (κ3) is 5.99. The lowest BCUT2D eigenvalue weighted by Crippen LogP contribution is -2.17. The van der Waals surface area contributed by atoms with Crippen molar-refractivity contribution >= 4 is 35.5 Å². The molecule has 4 aromatic rings. The van der Waals surface area contributed by atoms with Gasteiger partial charge in [0.05, 0.1) is 6.21 Å². The van der Waals surface area contributed by atoms with Crippen LogP contribution in [0.15, 0.2) is 90.0 Å². The first-order chi connectivity index (χ1) is 16.5. The van der Waals surface area contributed by atoms with E-state index < -0.39 is 0 Å². The zero-order chi connectivity index (χ0) is 23.9. The predicted octanol–water partition coefficient (Wildman–Crippen LogP) is 6.94. The van der Waals surface area contributed by atoms with Gasteiger partial charge in [-0.25, -0.2) is 5.43 Å². The van der Waals surface area contributed by atoms with Gasteiger partial charge in [0.25, 0.3) is 5.91 Å². The molecule has 1 aromatic heterocycles. The normalized spacial score (nSPS) is 11.1. The molecule has 0 bridgehead atoms. The van der Waals surface area contributed by atoms with E-state index >= 15 is 0 Å². The summed E-state index contributed by atoms with van der Waals surface area (Å²) in [6.07, 6.45) is 1.68. The third-order valence-electron chi connectivity index (χ3n) is 5.50. The summed E-state index contributed by atoms with van der Waals surface area (Å²) < 4.78 is 2.11. The zero-order valence-electron chi connectivity index (χ0n) is 19.2. The Morgan fingerprint density at radius 3 is 2.35 bits per heavy atom. The number of carbonyl (C=O) groups is 1. The lowest BCUT2D eigenvalue weighted by Gasteiger charge is -2.09. The Hall–Kier alpha value is -3.28. The van der Waals surface area contributed by atoms with Crippen LogP contribution in [0.5, 0.6) is 0 Å². The van der Waals surface area contributed by atoms with Gasteiger partial charge in [-0.05, 0) is 61.4 Å². The molecule has 0 saturated heterocycles. The molecule has 0 aliphatic carbocycles. The maximum Gasteiger partial charge on any atom is 0.271 e. The van der Waals surface area contributed by atoms with E-state index in [4.69, 9.17) is 11.6 Å². The van der Waals surface area contributed by atoms with Crippen molar-refractivity contribution in [1.82, 2.24) is 9.99 Å². The summed E-state index contributed by atoms with van der Waals surface area (Å²) in [7, 11) is 0. The molecule has 0 aliphatic rings. The first kappa shape index (κ1) is 23.9. The molecule has 1 heterocycles. The van der Waals surface area contributed by atoms with Gasteiger partial charge in [-0.1, -0.05) is 60.1 Å². The van der Waals surface area contributed by atoms with Crippen molar-refractivity contribution in [3.05, 3.63) is 124 Å². The molecule has 4 nitrogen and oxygen atoms in total. The Morgan fingerprint density at radius 1 is 0.941 bits per heavy atom. The van der Waals surface area contributed by atoms with Crippen molar-refractivity contribution in [2.75, 3.05) is 0 Å². The molecule has 1 N–H and O–H groups in total. The number of benzene rings is 3. The molecular formula is C28H26ClN3OS. The van der Waals surface area contributed by atoms with E-state index in [2.05, 4.69) is 39.4 Å². The molecule has 4 rings (SSSR count). The number of nitrogens with zero attached hydrogens (tertiary/aromatic N) is 2. The molecular weight excluding hydrogens is 462 g/mol. The standard InChI is InChI=1S/C28H26ClN3OS/c1-20-15-25(21(2)32(20)27-10-6-9-26(29)16-27)17-30-31-28(33)24-13-11-23(12-14-24)19-34-18-22-7-4-3-5-8-22/h3-17H,18-19H2,1-2H3,(H,31,33)/b30-17+. The zero-order valence-corrected chi connectivity index (χ0v) is 20.7. The Balaban J connectivity index is 1.34. The molecule has 0 saturated carbocycles. The highest BCUT2D eigenvalue weighted by Crippen LogP contribution is 2.22. The summed E-state index contributed by atoms with van der Waals surface area (Å²) in [6, 6.07) is 27.8. The van der Waals surface area contributed by atoms with Gasteiger partial charge in [-0.15, -0.1) is 0 Å². The second-order valence-electron chi connectivity index (χ2n) is 8.02. The fourth-order valence-corrected chi connectivity index (χ4v) is 4.91. The van der Waals surface area contributed by atoms with Crippen molar-refractivity contribution in [1.29, 1.82) is 0 Å². The number of hydrazone groups is 1. The summed E-state index contributed by atoms with van der Waals surface area (Å²) in [5, 5.41) is 4.87. The number of nitrogens with one attached hydrogen (secondary N) is 1. The molecule has 3 aromatic carbocycles. The third-order valence-corrected chi connectivity index (χ3v) is 6.81. The average molecular weight is 488 g/mol. The lowest BCUT2D eigenvalue weighted by molar-refractivity contribution is 0.0955. The Labute approximate surface area is 209 Å². The minimum Gasteiger partial charge on any atom is -0.318 e. The molecule has 1 amide bonds. The molecule has 0 unspecified atom stereocenters. The first-order valence-electron chi connectivity index (χ1n) is 11.0. The van der Waals surface area contributed by atoms with Crippen LogP contribution in [0.3, 0.4) is 0 Å². The highest BCUT2D eigenvalue weighted by Gasteiger charge is 2.10. The van der Waals surface area contributed by atoms with E-state index in [9.17, 15) is 4.79 Å². The number of rotatable bonds is 8. The largest absolute Gasteiger partial charge is 0.318 e. The molecule has 0 atom stereocenters. The number of halogens is 1. The molecule has 34 heavy (non-hydrogen) atoms. The van der Waals surface area contributed by atoms with Gasteiger partial charge in [0.1, 0.15) is 0 Å². The van der Waals surface area contributed by atoms with E-state index in [0.29, 0.717) is 10.6 Å². The topological polar surface area (TPSA) is 46.4 Å². The number of aromatic nitrogens is 1. The maximum absolute atomic E-state index is 12.5. The van der Waals surface area contributed by atoms with Crippen molar-refractivity contribution < 1.29 is 4.79 Å². The van der Waals surface area contributed by atoms with Crippen molar-refractivity contribution in [3.8, 4) is 5.69 Å². The first-order valence-corrected chi connectivity index (χ1v) is 12.5. The minimum atomic E-state index is -0.233. The molecule has 0 fully saturated rings. The Morgan fingerprint density at radius 2 is 1.65 bits per heavy atom. The summed E-state index contributed by atoms with van der Waals surface area (Å²) in [6.45, 7) is 4.05. The molecule has 172 valence electrons. The van der Waals surface area contributed by atoms with Crippen LogP contribution in [-0.4, -0.2) is 16.7 Å². The number of carbonyl (C=O) groups excluding carboxylic acids is 1. The lowest BCUT2D eigenvalue weighted by atomic mass is 10.1. The second-order valence-corrected chi connectivity index (χ2v) is 9.44. The fourth-order valence-electron chi connectivity index (χ4n) is 3.77. The highest BCUT2D eigenvalue weighted by molar-refractivity contribution is 7.97. The fraction of sp³-hybridized carbons (Fsp3) is 0.143. The van der Waals surface area contributed by atoms with Crippen LogP contribution in [0.2, 0.25) is 5.02 Å². The van der Waals surface area contributed by atoms with Crippen LogP contribution < -0.4 is 5.43 Å². The van der Waals surface area contributed by atoms with Gasteiger partial charge in [-0.2, -0.15) is 16.9 Å². The maximum atomic E-state index is 12.5. The van der Waals surface area contributed by atoms with Crippen molar-refractivity contribution in [2.45, 2.75) is 25.4 Å².